The van der Waals surface area contributed by atoms with Crippen molar-refractivity contribution >= 4 is 41.5 Å². The number of nitrogens with one attached hydrogen (secondary N) is 2. The molecule has 3 unspecified atom stereocenters. The number of aliphatic hydroxyl groups is 1. The molecule has 1 aromatic rings. The molecule has 0 saturated heterocycles. The minimum Gasteiger partial charge on any atom is -0.393 e. The minimum atomic E-state index is -0.194. The number of rotatable bonds is 5. The van der Waals surface area contributed by atoms with Crippen LogP contribution in [0.2, 0.25) is 5.02 Å². The molecule has 1 saturated carbocycles. The highest BCUT2D eigenvalue weighted by molar-refractivity contribution is 14.0. The van der Waals surface area contributed by atoms with Crippen LogP contribution in [0.4, 0.5) is 0 Å². The molecule has 1 fully saturated rings. The summed E-state index contributed by atoms with van der Waals surface area (Å²) < 4.78 is 0. The highest BCUT2D eigenvalue weighted by Gasteiger charge is 2.24. The van der Waals surface area contributed by atoms with Gasteiger partial charge in [-0.3, -0.25) is 4.99 Å². The molecule has 0 amide bonds. The number of hydrogen-bond acceptors (Lipinski definition) is 2. The van der Waals surface area contributed by atoms with Gasteiger partial charge in [0.05, 0.1) is 12.1 Å². The Balaban J connectivity index is 0.00000264. The maximum absolute atomic E-state index is 9.90. The van der Waals surface area contributed by atoms with Gasteiger partial charge in [-0.05, 0) is 44.4 Å². The van der Waals surface area contributed by atoms with Gasteiger partial charge >= 0.3 is 0 Å². The largest absolute Gasteiger partial charge is 0.393 e. The Morgan fingerprint density at radius 3 is 2.61 bits per heavy atom. The second-order valence-electron chi connectivity index (χ2n) is 5.90. The number of guanidine groups is 1. The zero-order valence-electron chi connectivity index (χ0n) is 13.8. The first kappa shape index (κ1) is 20.5. The van der Waals surface area contributed by atoms with E-state index in [4.69, 9.17) is 11.6 Å². The summed E-state index contributed by atoms with van der Waals surface area (Å²) in [5.74, 6) is 1.09. The van der Waals surface area contributed by atoms with Crippen molar-refractivity contribution in [2.75, 3.05) is 13.1 Å². The van der Waals surface area contributed by atoms with Crippen molar-refractivity contribution < 1.29 is 5.11 Å². The highest BCUT2D eigenvalue weighted by Crippen LogP contribution is 2.25. The van der Waals surface area contributed by atoms with E-state index in [0.717, 1.165) is 42.4 Å². The van der Waals surface area contributed by atoms with Crippen molar-refractivity contribution in [1.82, 2.24) is 10.6 Å². The van der Waals surface area contributed by atoms with E-state index in [1.54, 1.807) is 0 Å². The summed E-state index contributed by atoms with van der Waals surface area (Å²) in [6, 6.07) is 7.97. The molecule has 1 aliphatic carbocycles. The Kier molecular flexibility index (Phi) is 9.24. The normalized spacial score (nSPS) is 22.3. The Morgan fingerprint density at radius 2 is 2.04 bits per heavy atom. The molecule has 23 heavy (non-hydrogen) atoms. The predicted molar refractivity (Wildman–Crippen MR) is 108 cm³/mol. The van der Waals surface area contributed by atoms with Gasteiger partial charge in [0.25, 0.3) is 0 Å². The molecule has 0 radical (unpaired) electrons. The smallest absolute Gasteiger partial charge is 0.191 e. The molecule has 2 rings (SSSR count). The lowest BCUT2D eigenvalue weighted by molar-refractivity contribution is 0.136. The summed E-state index contributed by atoms with van der Waals surface area (Å²) in [5.41, 5.74) is 1.16. The van der Waals surface area contributed by atoms with Gasteiger partial charge in [-0.15, -0.1) is 24.0 Å². The van der Waals surface area contributed by atoms with E-state index in [-0.39, 0.29) is 36.1 Å². The maximum atomic E-state index is 9.90. The fraction of sp³-hybridized carbons (Fsp3) is 0.588. The number of nitrogens with zero attached hydrogens (tertiary/aromatic N) is 1. The number of hydrogen-bond donors (Lipinski definition) is 3. The van der Waals surface area contributed by atoms with E-state index in [9.17, 15) is 5.11 Å². The molecule has 1 aliphatic rings. The SMILES string of the molecule is CCNC(=NCC1CCCC1O)NC(C)c1ccc(Cl)cc1.I. The quantitative estimate of drug-likeness (QED) is 0.363. The summed E-state index contributed by atoms with van der Waals surface area (Å²) in [4.78, 5) is 4.64. The third-order valence-corrected chi connectivity index (χ3v) is 4.42. The van der Waals surface area contributed by atoms with E-state index in [1.807, 2.05) is 24.3 Å². The monoisotopic (exact) mass is 451 g/mol. The van der Waals surface area contributed by atoms with E-state index in [2.05, 4.69) is 29.5 Å². The first-order valence-electron chi connectivity index (χ1n) is 8.08. The van der Waals surface area contributed by atoms with E-state index in [0.29, 0.717) is 12.5 Å². The van der Waals surface area contributed by atoms with Crippen LogP contribution in [0, 0.1) is 5.92 Å². The van der Waals surface area contributed by atoms with Crippen LogP contribution in [0.5, 0.6) is 0 Å². The molecule has 3 N–H and O–H groups in total. The van der Waals surface area contributed by atoms with Crippen LogP contribution in [-0.2, 0) is 0 Å². The standard InChI is InChI=1S/C17H26ClN3O.HI/c1-3-19-17(20-11-14-5-4-6-16(14)22)21-12(2)13-7-9-15(18)10-8-13;/h7-10,12,14,16,22H,3-6,11H2,1-2H3,(H2,19,20,21);1H. The number of aliphatic imine (C=N–C) groups is 1. The Hall–Kier alpha value is -0.530. The van der Waals surface area contributed by atoms with E-state index < -0.39 is 0 Å². The van der Waals surface area contributed by atoms with Gasteiger partial charge in [-0.2, -0.15) is 0 Å². The summed E-state index contributed by atoms with van der Waals surface area (Å²) >= 11 is 5.93. The predicted octanol–water partition coefficient (Wildman–Crippen LogP) is 3.74. The summed E-state index contributed by atoms with van der Waals surface area (Å²) in [6.45, 7) is 5.63. The minimum absolute atomic E-state index is 0. The molecular formula is C17H27ClIN3O. The van der Waals surface area contributed by atoms with Gasteiger partial charge in [-0.25, -0.2) is 0 Å². The second kappa shape index (κ2) is 10.4. The number of benzene rings is 1. The second-order valence-corrected chi connectivity index (χ2v) is 6.33. The van der Waals surface area contributed by atoms with Crippen molar-refractivity contribution in [3.63, 3.8) is 0 Å². The Bertz CT molecular complexity index is 495. The third-order valence-electron chi connectivity index (χ3n) is 4.17. The van der Waals surface area contributed by atoms with Crippen LogP contribution < -0.4 is 10.6 Å². The molecule has 6 heteroatoms. The first-order valence-corrected chi connectivity index (χ1v) is 8.46. The summed E-state index contributed by atoms with van der Waals surface area (Å²) in [7, 11) is 0. The average Bonchev–Trinajstić information content (AvgIpc) is 2.91. The lowest BCUT2D eigenvalue weighted by atomic mass is 10.1. The van der Waals surface area contributed by atoms with Crippen LogP contribution in [0.1, 0.15) is 44.7 Å². The lowest BCUT2D eigenvalue weighted by Gasteiger charge is -2.19. The molecule has 0 aliphatic heterocycles. The van der Waals surface area contributed by atoms with E-state index in [1.165, 1.54) is 0 Å². The number of aliphatic hydroxyl groups excluding tert-OH is 1. The van der Waals surface area contributed by atoms with Gasteiger partial charge in [0, 0.05) is 24.0 Å². The maximum Gasteiger partial charge on any atom is 0.191 e. The molecule has 4 nitrogen and oxygen atoms in total. The first-order chi connectivity index (χ1) is 10.6. The zero-order valence-corrected chi connectivity index (χ0v) is 16.8. The number of halogens is 2. The van der Waals surface area contributed by atoms with Crippen molar-refractivity contribution in [2.24, 2.45) is 10.9 Å². The van der Waals surface area contributed by atoms with Gasteiger partial charge < -0.3 is 15.7 Å². The lowest BCUT2D eigenvalue weighted by Crippen LogP contribution is -2.39. The molecule has 130 valence electrons. The molecule has 3 atom stereocenters. The van der Waals surface area contributed by atoms with Crippen molar-refractivity contribution in [3.8, 4) is 0 Å². The molecule has 1 aromatic carbocycles. The molecule has 0 heterocycles. The molecule has 0 spiro atoms. The fourth-order valence-corrected chi connectivity index (χ4v) is 2.92. The molecule has 0 aromatic heterocycles. The Labute approximate surface area is 161 Å². The van der Waals surface area contributed by atoms with Crippen LogP contribution in [0.3, 0.4) is 0 Å². The van der Waals surface area contributed by atoms with Crippen molar-refractivity contribution in [1.29, 1.82) is 0 Å². The van der Waals surface area contributed by atoms with Crippen molar-refractivity contribution in [3.05, 3.63) is 34.9 Å². The molecular weight excluding hydrogens is 425 g/mol. The van der Waals surface area contributed by atoms with Crippen molar-refractivity contribution in [2.45, 2.75) is 45.3 Å². The highest BCUT2D eigenvalue weighted by atomic mass is 127. The zero-order chi connectivity index (χ0) is 15.9. The summed E-state index contributed by atoms with van der Waals surface area (Å²) in [5, 5.41) is 17.3. The van der Waals surface area contributed by atoms with Gasteiger partial charge in [0.2, 0.25) is 0 Å². The molecule has 0 bridgehead atoms. The van der Waals surface area contributed by atoms with Gasteiger partial charge in [0.1, 0.15) is 0 Å². The van der Waals surface area contributed by atoms with Crippen LogP contribution >= 0.6 is 35.6 Å². The average molecular weight is 452 g/mol. The topological polar surface area (TPSA) is 56.7 Å². The summed E-state index contributed by atoms with van der Waals surface area (Å²) in [6.07, 6.45) is 2.88. The Morgan fingerprint density at radius 1 is 1.35 bits per heavy atom. The van der Waals surface area contributed by atoms with Gasteiger partial charge in [0.15, 0.2) is 5.96 Å². The van der Waals surface area contributed by atoms with Crippen LogP contribution in [0.25, 0.3) is 0 Å². The van der Waals surface area contributed by atoms with Crippen LogP contribution in [0.15, 0.2) is 29.3 Å². The third kappa shape index (κ3) is 6.47. The fourth-order valence-electron chi connectivity index (χ4n) is 2.80. The van der Waals surface area contributed by atoms with Gasteiger partial charge in [-0.1, -0.05) is 30.2 Å². The van der Waals surface area contributed by atoms with Crippen LogP contribution in [-0.4, -0.2) is 30.3 Å². The van der Waals surface area contributed by atoms with E-state index >= 15 is 0 Å².